The molecule has 3 atom stereocenters. The van der Waals surface area contributed by atoms with Crippen LogP contribution in [0.4, 0.5) is 0 Å². The predicted octanol–water partition coefficient (Wildman–Crippen LogP) is 2.34. The van der Waals surface area contributed by atoms with Crippen molar-refractivity contribution in [2.45, 2.75) is 50.8 Å². The van der Waals surface area contributed by atoms with Gasteiger partial charge in [-0.05, 0) is 38.3 Å². The molecular weight excluding hydrogens is 302 g/mol. The number of amides is 1. The highest BCUT2D eigenvalue weighted by Crippen LogP contribution is 2.29. The maximum atomic E-state index is 12.5. The highest BCUT2D eigenvalue weighted by atomic mass is 16.3. The van der Waals surface area contributed by atoms with E-state index < -0.39 is 6.10 Å². The van der Waals surface area contributed by atoms with Gasteiger partial charge in [0.25, 0.3) is 0 Å². The Morgan fingerprint density at radius 2 is 2.17 bits per heavy atom. The molecule has 0 saturated carbocycles. The number of aliphatic hydroxyl groups excluding tert-OH is 1. The molecule has 5 nitrogen and oxygen atoms in total. The molecule has 1 fully saturated rings. The first kappa shape index (κ1) is 18.4. The van der Waals surface area contributed by atoms with Crippen LogP contribution >= 0.6 is 0 Å². The van der Waals surface area contributed by atoms with Gasteiger partial charge in [-0.25, -0.2) is 0 Å². The van der Waals surface area contributed by atoms with Crippen LogP contribution in [0.3, 0.4) is 0 Å². The van der Waals surface area contributed by atoms with Crippen molar-refractivity contribution in [2.24, 2.45) is 0 Å². The molecule has 2 rings (SSSR count). The Hall–Kier alpha value is -1.90. The summed E-state index contributed by atoms with van der Waals surface area (Å²) >= 11 is 0. The summed E-state index contributed by atoms with van der Waals surface area (Å²) in [4.78, 5) is 16.4. The van der Waals surface area contributed by atoms with E-state index in [2.05, 4.69) is 11.0 Å². The van der Waals surface area contributed by atoms with E-state index in [1.165, 1.54) is 0 Å². The van der Waals surface area contributed by atoms with Gasteiger partial charge in [0, 0.05) is 19.6 Å². The summed E-state index contributed by atoms with van der Waals surface area (Å²) in [7, 11) is 1.75. The summed E-state index contributed by atoms with van der Waals surface area (Å²) in [6.07, 6.45) is 2.54. The molecule has 0 radical (unpaired) electrons. The normalized spacial score (nSPS) is 20.3. The number of rotatable bonds is 7. The van der Waals surface area contributed by atoms with Crippen LogP contribution in [0.5, 0.6) is 0 Å². The van der Waals surface area contributed by atoms with Crippen molar-refractivity contribution >= 4 is 5.91 Å². The largest absolute Gasteiger partial charge is 0.388 e. The number of aliphatic hydroxyl groups is 1. The molecule has 0 aliphatic carbocycles. The van der Waals surface area contributed by atoms with Crippen LogP contribution in [0.15, 0.2) is 30.3 Å². The van der Waals surface area contributed by atoms with Crippen molar-refractivity contribution in [1.82, 2.24) is 9.80 Å². The topological polar surface area (TPSA) is 67.6 Å². The van der Waals surface area contributed by atoms with Crippen LogP contribution in [0, 0.1) is 11.3 Å². The maximum absolute atomic E-state index is 12.5. The average Bonchev–Trinajstić information content (AvgIpc) is 3.07. The molecule has 0 spiro atoms. The van der Waals surface area contributed by atoms with Crippen molar-refractivity contribution in [2.75, 3.05) is 20.1 Å². The van der Waals surface area contributed by atoms with Gasteiger partial charge in [0.2, 0.25) is 5.91 Å². The number of hydrogen-bond acceptors (Lipinski definition) is 4. The number of likely N-dealkylation sites (N-methyl/N-ethyl adjacent to an activating group) is 1. The summed E-state index contributed by atoms with van der Waals surface area (Å²) in [5, 5.41) is 19.2. The molecule has 3 unspecified atom stereocenters. The molecule has 1 amide bonds. The van der Waals surface area contributed by atoms with E-state index in [1.807, 2.05) is 37.3 Å². The Morgan fingerprint density at radius 3 is 2.83 bits per heavy atom. The Balaban J connectivity index is 1.96. The third kappa shape index (κ3) is 4.56. The lowest BCUT2D eigenvalue weighted by Crippen LogP contribution is -2.48. The van der Waals surface area contributed by atoms with Gasteiger partial charge in [-0.3, -0.25) is 9.69 Å². The molecule has 0 bridgehead atoms. The molecule has 130 valence electrons. The third-order valence-electron chi connectivity index (χ3n) is 4.89. The first-order valence-electron chi connectivity index (χ1n) is 8.65. The summed E-state index contributed by atoms with van der Waals surface area (Å²) in [5.41, 5.74) is 0.925. The van der Waals surface area contributed by atoms with Crippen molar-refractivity contribution in [3.63, 3.8) is 0 Å². The lowest BCUT2D eigenvalue weighted by atomic mass is 10.00. The molecular formula is C19H27N3O2. The van der Waals surface area contributed by atoms with E-state index >= 15 is 0 Å². The zero-order valence-corrected chi connectivity index (χ0v) is 14.6. The van der Waals surface area contributed by atoms with Gasteiger partial charge in [-0.15, -0.1) is 0 Å². The minimum absolute atomic E-state index is 0.0475. The third-order valence-corrected chi connectivity index (χ3v) is 4.89. The SMILES string of the molecule is CC(C(=O)N(C)CCC#N)N1CCCC1CC(O)c1ccccc1. The van der Waals surface area contributed by atoms with Crippen LogP contribution < -0.4 is 0 Å². The zero-order chi connectivity index (χ0) is 17.5. The first-order chi connectivity index (χ1) is 11.5. The van der Waals surface area contributed by atoms with Crippen molar-refractivity contribution in [1.29, 1.82) is 5.26 Å². The highest BCUT2D eigenvalue weighted by molar-refractivity contribution is 5.81. The Morgan fingerprint density at radius 1 is 1.46 bits per heavy atom. The zero-order valence-electron chi connectivity index (χ0n) is 14.6. The van der Waals surface area contributed by atoms with Crippen molar-refractivity contribution < 1.29 is 9.90 Å². The molecule has 1 N–H and O–H groups in total. The summed E-state index contributed by atoms with van der Waals surface area (Å²) in [5.74, 6) is 0.0475. The summed E-state index contributed by atoms with van der Waals surface area (Å²) in [6.45, 7) is 3.27. The lowest BCUT2D eigenvalue weighted by molar-refractivity contribution is -0.135. The quantitative estimate of drug-likeness (QED) is 0.834. The van der Waals surface area contributed by atoms with Crippen molar-refractivity contribution in [3.05, 3.63) is 35.9 Å². The fourth-order valence-corrected chi connectivity index (χ4v) is 3.48. The molecule has 1 aliphatic heterocycles. The number of nitriles is 1. The summed E-state index contributed by atoms with van der Waals surface area (Å²) in [6, 6.07) is 11.7. The lowest BCUT2D eigenvalue weighted by Gasteiger charge is -2.33. The van der Waals surface area contributed by atoms with E-state index in [0.29, 0.717) is 19.4 Å². The van der Waals surface area contributed by atoms with Crippen LogP contribution in [0.2, 0.25) is 0 Å². The standard InChI is InChI=1S/C19H27N3O2/c1-15(19(24)21(2)12-7-11-20)22-13-6-10-17(22)14-18(23)16-8-4-3-5-9-16/h3-5,8-9,15,17-18,23H,6-7,10,12-14H2,1-2H3. The Labute approximate surface area is 144 Å². The van der Waals surface area contributed by atoms with Gasteiger partial charge in [0.05, 0.1) is 24.6 Å². The van der Waals surface area contributed by atoms with Gasteiger partial charge < -0.3 is 10.0 Å². The minimum Gasteiger partial charge on any atom is -0.388 e. The van der Waals surface area contributed by atoms with Gasteiger partial charge in [-0.2, -0.15) is 5.26 Å². The fraction of sp³-hybridized carbons (Fsp3) is 0.579. The van der Waals surface area contributed by atoms with Gasteiger partial charge in [0.15, 0.2) is 0 Å². The molecule has 1 aromatic rings. The second kappa shape index (κ2) is 8.81. The van der Waals surface area contributed by atoms with E-state index in [4.69, 9.17) is 5.26 Å². The second-order valence-corrected chi connectivity index (χ2v) is 6.54. The second-order valence-electron chi connectivity index (χ2n) is 6.54. The minimum atomic E-state index is -0.504. The molecule has 24 heavy (non-hydrogen) atoms. The van der Waals surface area contributed by atoms with Crippen LogP contribution in [-0.4, -0.2) is 53.0 Å². The van der Waals surface area contributed by atoms with Crippen LogP contribution in [0.25, 0.3) is 0 Å². The van der Waals surface area contributed by atoms with E-state index in [1.54, 1.807) is 11.9 Å². The number of hydrogen-bond donors (Lipinski definition) is 1. The number of likely N-dealkylation sites (tertiary alicyclic amines) is 1. The smallest absolute Gasteiger partial charge is 0.239 e. The highest BCUT2D eigenvalue weighted by Gasteiger charge is 2.34. The average molecular weight is 329 g/mol. The van der Waals surface area contributed by atoms with Gasteiger partial charge in [-0.1, -0.05) is 30.3 Å². The first-order valence-corrected chi connectivity index (χ1v) is 8.65. The van der Waals surface area contributed by atoms with Crippen LogP contribution in [0.1, 0.15) is 44.3 Å². The fourth-order valence-electron chi connectivity index (χ4n) is 3.48. The van der Waals surface area contributed by atoms with E-state index in [9.17, 15) is 9.90 Å². The molecule has 1 saturated heterocycles. The number of carbonyl (C=O) groups excluding carboxylic acids is 1. The molecule has 1 aromatic carbocycles. The van der Waals surface area contributed by atoms with E-state index in [-0.39, 0.29) is 18.0 Å². The maximum Gasteiger partial charge on any atom is 0.239 e. The van der Waals surface area contributed by atoms with Gasteiger partial charge >= 0.3 is 0 Å². The van der Waals surface area contributed by atoms with Gasteiger partial charge in [0.1, 0.15) is 0 Å². The predicted molar refractivity (Wildman–Crippen MR) is 93.1 cm³/mol. The summed E-state index contributed by atoms with van der Waals surface area (Å²) < 4.78 is 0. The Kier molecular flexibility index (Phi) is 6.77. The van der Waals surface area contributed by atoms with Crippen molar-refractivity contribution in [3.8, 4) is 6.07 Å². The molecule has 1 aliphatic rings. The molecule has 5 heteroatoms. The monoisotopic (exact) mass is 329 g/mol. The molecule has 1 heterocycles. The van der Waals surface area contributed by atoms with Crippen LogP contribution in [-0.2, 0) is 4.79 Å². The number of carbonyl (C=O) groups is 1. The molecule has 0 aromatic heterocycles. The Bertz CT molecular complexity index is 570. The number of benzene rings is 1. The van der Waals surface area contributed by atoms with E-state index in [0.717, 1.165) is 24.9 Å². The number of nitrogens with zero attached hydrogens (tertiary/aromatic N) is 3.